The van der Waals surface area contributed by atoms with Gasteiger partial charge in [-0.25, -0.2) is 0 Å². The van der Waals surface area contributed by atoms with Crippen molar-refractivity contribution in [2.45, 2.75) is 27.7 Å². The van der Waals surface area contributed by atoms with Gasteiger partial charge in [-0.05, 0) is 38.8 Å². The maximum Gasteiger partial charge on any atom is 0.243 e. The molecule has 3 aromatic rings. The van der Waals surface area contributed by atoms with Gasteiger partial charge in [0.1, 0.15) is 0 Å². The Labute approximate surface area is 139 Å². The third-order valence-corrected chi connectivity index (χ3v) is 5.16. The second-order valence-corrected chi connectivity index (χ2v) is 6.92. The summed E-state index contributed by atoms with van der Waals surface area (Å²) < 4.78 is 0. The first-order valence-corrected chi connectivity index (χ1v) is 8.34. The zero-order valence-corrected chi connectivity index (χ0v) is 14.3. The molecule has 1 aliphatic heterocycles. The molecule has 1 aliphatic rings. The normalized spacial score (nSPS) is 12.3. The Morgan fingerprint density at radius 1 is 0.609 bits per heavy atom. The van der Waals surface area contributed by atoms with Gasteiger partial charge < -0.3 is 0 Å². The van der Waals surface area contributed by atoms with Gasteiger partial charge in [-0.3, -0.25) is 0 Å². The van der Waals surface area contributed by atoms with E-state index in [1.165, 1.54) is 49.8 Å². The van der Waals surface area contributed by atoms with Crippen LogP contribution in [0.2, 0.25) is 0 Å². The van der Waals surface area contributed by atoms with Crippen molar-refractivity contribution in [2.75, 3.05) is 0 Å². The minimum absolute atomic E-state index is 0.363. The van der Waals surface area contributed by atoms with E-state index < -0.39 is 0 Å². The molecule has 0 saturated heterocycles. The maximum atomic E-state index is 2.35. The predicted molar refractivity (Wildman–Crippen MR) is 102 cm³/mol. The van der Waals surface area contributed by atoms with Crippen molar-refractivity contribution >= 4 is 23.1 Å². The van der Waals surface area contributed by atoms with Crippen LogP contribution in [0.4, 0.5) is 0 Å². The van der Waals surface area contributed by atoms with Gasteiger partial charge in [-0.1, -0.05) is 93.2 Å². The van der Waals surface area contributed by atoms with Crippen LogP contribution in [0.3, 0.4) is 0 Å². The molecule has 0 N–H and O–H groups in total. The second-order valence-electron chi connectivity index (χ2n) is 6.92. The van der Waals surface area contributed by atoms with Crippen molar-refractivity contribution in [3.05, 3.63) is 76.9 Å². The molecular formula is C22H21B. The van der Waals surface area contributed by atoms with E-state index in [1.807, 2.05) is 0 Å². The number of hydrogen-bond acceptors (Lipinski definition) is 0. The first-order valence-electron chi connectivity index (χ1n) is 8.34. The zero-order valence-electron chi connectivity index (χ0n) is 14.3. The quantitative estimate of drug-likeness (QED) is 0.472. The molecule has 0 bridgehead atoms. The molecule has 112 valence electrons. The number of hydrogen-bond donors (Lipinski definition) is 0. The van der Waals surface area contributed by atoms with Crippen molar-refractivity contribution in [1.82, 2.24) is 0 Å². The number of benzene rings is 3. The minimum Gasteiger partial charge on any atom is -0.0661 e. The Balaban J connectivity index is 2.06. The molecule has 0 aromatic heterocycles. The van der Waals surface area contributed by atoms with Gasteiger partial charge in [-0.15, -0.1) is 0 Å². The Morgan fingerprint density at radius 3 is 1.57 bits per heavy atom. The van der Waals surface area contributed by atoms with E-state index in [2.05, 4.69) is 82.3 Å². The van der Waals surface area contributed by atoms with Crippen LogP contribution in [-0.2, 0) is 0 Å². The lowest BCUT2D eigenvalue weighted by Gasteiger charge is -2.17. The van der Waals surface area contributed by atoms with Crippen molar-refractivity contribution < 1.29 is 0 Å². The molecule has 0 atom stereocenters. The average molecular weight is 296 g/mol. The summed E-state index contributed by atoms with van der Waals surface area (Å²) in [4.78, 5) is 0. The van der Waals surface area contributed by atoms with Gasteiger partial charge in [0.15, 0.2) is 0 Å². The van der Waals surface area contributed by atoms with E-state index in [9.17, 15) is 0 Å². The molecule has 0 nitrogen and oxygen atoms in total. The summed E-state index contributed by atoms with van der Waals surface area (Å²) in [5.74, 6) is 0. The van der Waals surface area contributed by atoms with Crippen LogP contribution in [0.25, 0.3) is 11.1 Å². The summed E-state index contributed by atoms with van der Waals surface area (Å²) in [6.07, 6.45) is 0. The summed E-state index contributed by atoms with van der Waals surface area (Å²) in [6, 6.07) is 20.5. The van der Waals surface area contributed by atoms with Crippen LogP contribution < -0.4 is 16.4 Å². The van der Waals surface area contributed by atoms with Crippen molar-refractivity contribution in [3.8, 4) is 11.1 Å². The molecule has 0 radical (unpaired) electrons. The molecule has 1 heteroatoms. The van der Waals surface area contributed by atoms with Gasteiger partial charge in [-0.2, -0.15) is 0 Å². The van der Waals surface area contributed by atoms with Crippen LogP contribution >= 0.6 is 0 Å². The summed E-state index contributed by atoms with van der Waals surface area (Å²) in [5.41, 5.74) is 12.6. The molecule has 0 aliphatic carbocycles. The Morgan fingerprint density at radius 2 is 1.09 bits per heavy atom. The smallest absolute Gasteiger partial charge is 0.0661 e. The Hall–Kier alpha value is -2.28. The molecule has 0 spiro atoms. The molecule has 1 heterocycles. The minimum atomic E-state index is 0.363. The summed E-state index contributed by atoms with van der Waals surface area (Å²) >= 11 is 0. The summed E-state index contributed by atoms with van der Waals surface area (Å²) in [6.45, 7) is 9.21. The van der Waals surface area contributed by atoms with Crippen molar-refractivity contribution in [3.63, 3.8) is 0 Å². The van der Waals surface area contributed by atoms with Crippen LogP contribution in [0.5, 0.6) is 0 Å². The molecular weight excluding hydrogens is 275 g/mol. The number of rotatable bonds is 1. The topological polar surface area (TPSA) is 0 Å². The lowest BCUT2D eigenvalue weighted by atomic mass is 9.37. The van der Waals surface area contributed by atoms with Gasteiger partial charge >= 0.3 is 0 Å². The highest BCUT2D eigenvalue weighted by atomic mass is 14.2. The average Bonchev–Trinajstić information content (AvgIpc) is 2.81. The number of aryl methyl sites for hydroxylation is 4. The van der Waals surface area contributed by atoms with E-state index in [0.717, 1.165) is 0 Å². The Bertz CT molecular complexity index is 850. The van der Waals surface area contributed by atoms with Gasteiger partial charge in [0.25, 0.3) is 0 Å². The van der Waals surface area contributed by atoms with E-state index in [4.69, 9.17) is 0 Å². The van der Waals surface area contributed by atoms with E-state index in [0.29, 0.717) is 6.71 Å². The van der Waals surface area contributed by atoms with Crippen molar-refractivity contribution in [2.24, 2.45) is 0 Å². The van der Waals surface area contributed by atoms with Gasteiger partial charge in [0.2, 0.25) is 6.71 Å². The SMILES string of the molecule is Cc1ccc2c(c1)-c1cc(C)ccc1B2c1c(C)cccc1C. The molecule has 0 fully saturated rings. The fraction of sp³-hybridized carbons (Fsp3) is 0.182. The van der Waals surface area contributed by atoms with E-state index >= 15 is 0 Å². The van der Waals surface area contributed by atoms with Crippen LogP contribution in [-0.4, -0.2) is 6.71 Å². The number of fused-ring (bicyclic) bond motifs is 3. The largest absolute Gasteiger partial charge is 0.243 e. The van der Waals surface area contributed by atoms with Crippen LogP contribution in [0, 0.1) is 27.7 Å². The highest BCUT2D eigenvalue weighted by molar-refractivity contribution is 6.99. The third-order valence-electron chi connectivity index (χ3n) is 5.16. The first-order chi connectivity index (χ1) is 11.1. The molecule has 0 saturated carbocycles. The monoisotopic (exact) mass is 296 g/mol. The van der Waals surface area contributed by atoms with E-state index in [-0.39, 0.29) is 0 Å². The zero-order chi connectivity index (χ0) is 16.1. The summed E-state index contributed by atoms with van der Waals surface area (Å²) in [7, 11) is 0. The molecule has 4 rings (SSSR count). The summed E-state index contributed by atoms with van der Waals surface area (Å²) in [5, 5.41) is 0. The molecule has 3 aromatic carbocycles. The van der Waals surface area contributed by atoms with Crippen LogP contribution in [0.1, 0.15) is 22.3 Å². The van der Waals surface area contributed by atoms with Crippen LogP contribution in [0.15, 0.2) is 54.6 Å². The molecule has 0 unspecified atom stereocenters. The lowest BCUT2D eigenvalue weighted by molar-refractivity contribution is 1.43. The second kappa shape index (κ2) is 5.13. The predicted octanol–water partition coefficient (Wildman–Crippen LogP) is 3.42. The fourth-order valence-electron chi connectivity index (χ4n) is 4.07. The van der Waals surface area contributed by atoms with E-state index in [1.54, 1.807) is 0 Å². The standard InChI is InChI=1S/C22H21B/c1-14-8-10-20-18(12-14)19-13-15(2)9-11-21(19)23(20)22-16(3)6-5-7-17(22)4/h5-13H,1-4H3. The first kappa shape index (κ1) is 14.3. The van der Waals surface area contributed by atoms with Crippen molar-refractivity contribution in [1.29, 1.82) is 0 Å². The highest BCUT2D eigenvalue weighted by Crippen LogP contribution is 2.25. The third kappa shape index (κ3) is 2.15. The maximum absolute atomic E-state index is 2.35. The highest BCUT2D eigenvalue weighted by Gasteiger charge is 2.34. The molecule has 0 amide bonds. The van der Waals surface area contributed by atoms with Gasteiger partial charge in [0, 0.05) is 0 Å². The molecule has 23 heavy (non-hydrogen) atoms. The Kier molecular flexibility index (Phi) is 3.19. The van der Waals surface area contributed by atoms with Gasteiger partial charge in [0.05, 0.1) is 0 Å². The fourth-order valence-corrected chi connectivity index (χ4v) is 4.07. The lowest BCUT2D eigenvalue weighted by Crippen LogP contribution is -2.51.